The third-order valence-electron chi connectivity index (χ3n) is 6.08. The SMILES string of the molecule is CCS(=O)(=O)c1ccc(-n2ncn(-c3ccc(Cl)cc3)c2=O)nc1-c1nc2cc(C(F)(F)F)nc(C)c2n1C. The first-order valence-corrected chi connectivity index (χ1v) is 13.4. The maximum atomic E-state index is 13.4. The van der Waals surface area contributed by atoms with Crippen LogP contribution in [-0.2, 0) is 23.1 Å². The van der Waals surface area contributed by atoms with Gasteiger partial charge in [0.1, 0.15) is 17.7 Å². The summed E-state index contributed by atoms with van der Waals surface area (Å²) >= 11 is 5.93. The number of alkyl halides is 3. The van der Waals surface area contributed by atoms with Crippen LogP contribution in [0.5, 0.6) is 0 Å². The Kier molecular flexibility index (Phi) is 6.34. The van der Waals surface area contributed by atoms with E-state index < -0.39 is 27.4 Å². The molecule has 202 valence electrons. The Balaban J connectivity index is 1.74. The molecule has 0 aliphatic rings. The lowest BCUT2D eigenvalue weighted by molar-refractivity contribution is -0.141. The lowest BCUT2D eigenvalue weighted by Crippen LogP contribution is -2.23. The van der Waals surface area contributed by atoms with Crippen molar-refractivity contribution >= 4 is 32.5 Å². The normalized spacial score (nSPS) is 12.4. The van der Waals surface area contributed by atoms with Gasteiger partial charge in [0.15, 0.2) is 21.5 Å². The van der Waals surface area contributed by atoms with E-state index in [4.69, 9.17) is 11.6 Å². The molecule has 4 heterocycles. The first kappa shape index (κ1) is 26.6. The fourth-order valence-corrected chi connectivity index (χ4v) is 5.31. The van der Waals surface area contributed by atoms with Crippen molar-refractivity contribution in [3.05, 3.63) is 75.7 Å². The fraction of sp³-hybridized carbons (Fsp3) is 0.208. The highest BCUT2D eigenvalue weighted by Gasteiger charge is 2.34. The Morgan fingerprint density at radius 3 is 2.36 bits per heavy atom. The monoisotopic (exact) mass is 577 g/mol. The summed E-state index contributed by atoms with van der Waals surface area (Å²) in [5.41, 5.74) is -1.09. The molecule has 0 spiro atoms. The zero-order valence-corrected chi connectivity index (χ0v) is 22.2. The molecule has 0 aliphatic carbocycles. The molecule has 0 aliphatic heterocycles. The molecule has 15 heteroatoms. The van der Waals surface area contributed by atoms with E-state index in [1.165, 1.54) is 48.5 Å². The van der Waals surface area contributed by atoms with E-state index in [2.05, 4.69) is 20.1 Å². The van der Waals surface area contributed by atoms with Crippen molar-refractivity contribution in [3.63, 3.8) is 0 Å². The molecule has 5 aromatic rings. The van der Waals surface area contributed by atoms with Gasteiger partial charge in [-0.15, -0.1) is 0 Å². The minimum absolute atomic E-state index is 0.0179. The summed E-state index contributed by atoms with van der Waals surface area (Å²) in [4.78, 5) is 25.4. The first-order chi connectivity index (χ1) is 18.3. The first-order valence-electron chi connectivity index (χ1n) is 11.4. The molecule has 0 unspecified atom stereocenters. The molecule has 0 bridgehead atoms. The lowest BCUT2D eigenvalue weighted by Gasteiger charge is -2.11. The Morgan fingerprint density at radius 1 is 1.03 bits per heavy atom. The number of rotatable bonds is 5. The molecular formula is C24H19ClF3N7O3S. The minimum atomic E-state index is -4.70. The van der Waals surface area contributed by atoms with Gasteiger partial charge < -0.3 is 4.57 Å². The fourth-order valence-electron chi connectivity index (χ4n) is 4.16. The van der Waals surface area contributed by atoms with Crippen LogP contribution >= 0.6 is 11.6 Å². The molecule has 10 nitrogen and oxygen atoms in total. The van der Waals surface area contributed by atoms with Gasteiger partial charge >= 0.3 is 11.9 Å². The smallest absolute Gasteiger partial charge is 0.324 e. The van der Waals surface area contributed by atoms with Gasteiger partial charge in [-0.3, -0.25) is 0 Å². The molecule has 0 amide bonds. The number of benzene rings is 1. The molecular weight excluding hydrogens is 559 g/mol. The highest BCUT2D eigenvalue weighted by Crippen LogP contribution is 2.34. The maximum absolute atomic E-state index is 13.4. The number of sulfone groups is 1. The number of fused-ring (bicyclic) bond motifs is 1. The topological polar surface area (TPSA) is 118 Å². The van der Waals surface area contributed by atoms with E-state index in [1.807, 2.05) is 0 Å². The molecule has 0 saturated heterocycles. The van der Waals surface area contributed by atoms with E-state index in [0.29, 0.717) is 10.7 Å². The summed E-state index contributed by atoms with van der Waals surface area (Å²) in [5.74, 6) is -0.307. The van der Waals surface area contributed by atoms with Gasteiger partial charge in [-0.05, 0) is 49.4 Å². The van der Waals surface area contributed by atoms with Crippen LogP contribution in [0.15, 0.2) is 58.5 Å². The molecule has 0 fully saturated rings. The zero-order chi connectivity index (χ0) is 28.3. The van der Waals surface area contributed by atoms with E-state index in [1.54, 1.807) is 24.3 Å². The van der Waals surface area contributed by atoms with Gasteiger partial charge in [0.05, 0.1) is 33.1 Å². The highest BCUT2D eigenvalue weighted by atomic mass is 35.5. The van der Waals surface area contributed by atoms with Gasteiger partial charge in [0.25, 0.3) is 0 Å². The van der Waals surface area contributed by atoms with Crippen LogP contribution in [0.2, 0.25) is 5.02 Å². The second-order valence-corrected chi connectivity index (χ2v) is 11.2. The predicted octanol–water partition coefficient (Wildman–Crippen LogP) is 4.14. The summed E-state index contributed by atoms with van der Waals surface area (Å²) in [6.07, 6.45) is -3.43. The van der Waals surface area contributed by atoms with Crippen LogP contribution in [0.1, 0.15) is 18.3 Å². The summed E-state index contributed by atoms with van der Waals surface area (Å²) in [6, 6.07) is 9.84. The van der Waals surface area contributed by atoms with Crippen LogP contribution < -0.4 is 5.69 Å². The quantitative estimate of drug-likeness (QED) is 0.308. The van der Waals surface area contributed by atoms with Crippen molar-refractivity contribution in [3.8, 4) is 23.0 Å². The number of nitrogens with zero attached hydrogens (tertiary/aromatic N) is 7. The van der Waals surface area contributed by atoms with Crippen molar-refractivity contribution in [1.82, 2.24) is 33.9 Å². The maximum Gasteiger partial charge on any atom is 0.433 e. The van der Waals surface area contributed by atoms with Crippen LogP contribution in [-0.4, -0.2) is 48.0 Å². The number of aryl methyl sites for hydroxylation is 2. The summed E-state index contributed by atoms with van der Waals surface area (Å²) < 4.78 is 69.7. The summed E-state index contributed by atoms with van der Waals surface area (Å²) in [5, 5.41) is 4.59. The van der Waals surface area contributed by atoms with Crippen LogP contribution in [0, 0.1) is 6.92 Å². The molecule has 39 heavy (non-hydrogen) atoms. The number of hydrogen-bond acceptors (Lipinski definition) is 7. The molecule has 5 rings (SSSR count). The molecule has 4 aromatic heterocycles. The van der Waals surface area contributed by atoms with Crippen molar-refractivity contribution in [1.29, 1.82) is 0 Å². The zero-order valence-electron chi connectivity index (χ0n) is 20.6. The van der Waals surface area contributed by atoms with Crippen molar-refractivity contribution in [2.45, 2.75) is 24.9 Å². The molecule has 0 saturated carbocycles. The van der Waals surface area contributed by atoms with Gasteiger partial charge in [-0.2, -0.15) is 23.0 Å². The standard InChI is InChI=1S/C24H19ClF3N7O3S/c1-4-39(37,38)17-9-10-19(35-23(36)34(12-29-35)15-7-5-14(25)6-8-15)32-20(17)22-31-16-11-18(24(26,27)28)30-13(2)21(16)33(22)3/h5-12H,4H2,1-3H3. The third kappa shape index (κ3) is 4.59. The Hall–Kier alpha value is -4.04. The van der Waals surface area contributed by atoms with E-state index in [9.17, 15) is 26.4 Å². The van der Waals surface area contributed by atoms with Crippen molar-refractivity contribution < 1.29 is 21.6 Å². The second kappa shape index (κ2) is 9.31. The van der Waals surface area contributed by atoms with Crippen molar-refractivity contribution in [2.24, 2.45) is 7.05 Å². The van der Waals surface area contributed by atoms with E-state index in [0.717, 1.165) is 10.7 Å². The van der Waals surface area contributed by atoms with E-state index >= 15 is 0 Å². The average molecular weight is 578 g/mol. The van der Waals surface area contributed by atoms with Gasteiger partial charge in [0.2, 0.25) is 0 Å². The highest BCUT2D eigenvalue weighted by molar-refractivity contribution is 7.91. The van der Waals surface area contributed by atoms with Gasteiger partial charge in [0, 0.05) is 12.1 Å². The lowest BCUT2D eigenvalue weighted by atomic mass is 10.2. The second-order valence-electron chi connectivity index (χ2n) is 8.54. The van der Waals surface area contributed by atoms with Gasteiger partial charge in [-0.1, -0.05) is 18.5 Å². The Bertz CT molecular complexity index is 1910. The molecule has 1 aromatic carbocycles. The summed E-state index contributed by atoms with van der Waals surface area (Å²) in [7, 11) is -2.34. The average Bonchev–Trinajstić information content (AvgIpc) is 3.43. The van der Waals surface area contributed by atoms with Crippen LogP contribution in [0.4, 0.5) is 13.2 Å². The van der Waals surface area contributed by atoms with E-state index in [-0.39, 0.29) is 44.7 Å². The minimum Gasteiger partial charge on any atom is -0.324 e. The largest absolute Gasteiger partial charge is 0.433 e. The van der Waals surface area contributed by atoms with Crippen LogP contribution in [0.3, 0.4) is 0 Å². The predicted molar refractivity (Wildman–Crippen MR) is 137 cm³/mol. The van der Waals surface area contributed by atoms with Crippen LogP contribution in [0.25, 0.3) is 34.1 Å². The Morgan fingerprint density at radius 2 is 1.72 bits per heavy atom. The number of imidazole rings is 1. The third-order valence-corrected chi connectivity index (χ3v) is 8.09. The van der Waals surface area contributed by atoms with Crippen molar-refractivity contribution in [2.75, 3.05) is 5.75 Å². The van der Waals surface area contributed by atoms with Gasteiger partial charge in [-0.25, -0.2) is 32.7 Å². The molecule has 0 radical (unpaired) electrons. The number of hydrogen-bond donors (Lipinski definition) is 0. The Labute approximate surface area is 224 Å². The summed E-state index contributed by atoms with van der Waals surface area (Å²) in [6.45, 7) is 2.85. The number of aromatic nitrogens is 7. The molecule has 0 N–H and O–H groups in total. The number of halogens is 4. The number of pyridine rings is 2. The molecule has 0 atom stereocenters.